The normalized spacial score (nSPS) is 16.8. The van der Waals surface area contributed by atoms with Crippen LogP contribution in [0.1, 0.15) is 5.56 Å². The molecule has 18 heavy (non-hydrogen) atoms. The maximum atomic E-state index is 12.6. The Morgan fingerprint density at radius 2 is 1.78 bits per heavy atom. The predicted molar refractivity (Wildman–Crippen MR) is 61.0 cm³/mol. The maximum Gasteiger partial charge on any atom is 0.416 e. The van der Waals surface area contributed by atoms with Crippen molar-refractivity contribution in [3.63, 3.8) is 0 Å². The Labute approximate surface area is 102 Å². The number of nitrogens with zero attached hydrogens (tertiary/aromatic N) is 3. The van der Waals surface area contributed by atoms with E-state index in [2.05, 4.69) is 5.29 Å². The first-order chi connectivity index (χ1) is 8.50. The third kappa shape index (κ3) is 2.72. The standard InChI is InChI=1S/C11H12F3N3O/c12-11(13,14)9-2-1-3-10(8-9)16-4-6-17(15-18)7-5-16/h1-3,8H,4-7H2. The van der Waals surface area contributed by atoms with Gasteiger partial charge in [-0.1, -0.05) is 6.07 Å². The molecule has 0 N–H and O–H groups in total. The van der Waals surface area contributed by atoms with E-state index in [0.29, 0.717) is 31.9 Å². The number of nitroso groups, excluding NO2 is 1. The molecule has 0 aliphatic carbocycles. The van der Waals surface area contributed by atoms with Gasteiger partial charge in [0.1, 0.15) is 0 Å². The second kappa shape index (κ2) is 4.83. The molecule has 0 aromatic heterocycles. The molecule has 0 saturated carbocycles. The van der Waals surface area contributed by atoms with Crippen molar-refractivity contribution in [2.45, 2.75) is 6.18 Å². The smallest absolute Gasteiger partial charge is 0.368 e. The van der Waals surface area contributed by atoms with Gasteiger partial charge in [0.05, 0.1) is 23.9 Å². The molecule has 98 valence electrons. The van der Waals surface area contributed by atoms with Crippen molar-refractivity contribution in [2.24, 2.45) is 5.29 Å². The van der Waals surface area contributed by atoms with E-state index in [0.717, 1.165) is 12.1 Å². The molecule has 0 bridgehead atoms. The lowest BCUT2D eigenvalue weighted by molar-refractivity contribution is -0.137. The zero-order valence-electron chi connectivity index (χ0n) is 9.52. The number of alkyl halides is 3. The topological polar surface area (TPSA) is 35.9 Å². The quantitative estimate of drug-likeness (QED) is 0.765. The Morgan fingerprint density at radius 1 is 1.11 bits per heavy atom. The van der Waals surface area contributed by atoms with Gasteiger partial charge in [-0.25, -0.2) is 0 Å². The predicted octanol–water partition coefficient (Wildman–Crippen LogP) is 2.51. The highest BCUT2D eigenvalue weighted by Gasteiger charge is 2.31. The van der Waals surface area contributed by atoms with Crippen molar-refractivity contribution in [3.05, 3.63) is 34.7 Å². The molecule has 0 atom stereocenters. The first kappa shape index (κ1) is 12.7. The van der Waals surface area contributed by atoms with E-state index in [-0.39, 0.29) is 0 Å². The van der Waals surface area contributed by atoms with Crippen LogP contribution >= 0.6 is 0 Å². The summed E-state index contributed by atoms with van der Waals surface area (Å²) in [7, 11) is 0. The number of hydrogen-bond donors (Lipinski definition) is 0. The zero-order chi connectivity index (χ0) is 13.2. The molecule has 7 heteroatoms. The van der Waals surface area contributed by atoms with Gasteiger partial charge in [-0.05, 0) is 18.2 Å². The minimum Gasteiger partial charge on any atom is -0.368 e. The molecule has 2 rings (SSSR count). The molecule has 4 nitrogen and oxygen atoms in total. The molecular weight excluding hydrogens is 247 g/mol. The molecule has 1 aromatic rings. The molecule has 1 heterocycles. The van der Waals surface area contributed by atoms with Crippen molar-refractivity contribution in [3.8, 4) is 0 Å². The van der Waals surface area contributed by atoms with Crippen molar-refractivity contribution < 1.29 is 13.2 Å². The first-order valence-corrected chi connectivity index (χ1v) is 5.51. The summed E-state index contributed by atoms with van der Waals surface area (Å²) in [6.45, 7) is 1.85. The van der Waals surface area contributed by atoms with Gasteiger partial charge in [-0.3, -0.25) is 5.01 Å². The van der Waals surface area contributed by atoms with Gasteiger partial charge in [-0.2, -0.15) is 13.2 Å². The van der Waals surface area contributed by atoms with Crippen LogP contribution in [0.2, 0.25) is 0 Å². The summed E-state index contributed by atoms with van der Waals surface area (Å²) in [6.07, 6.45) is -4.33. The summed E-state index contributed by atoms with van der Waals surface area (Å²) in [5.41, 5.74) is -0.133. The first-order valence-electron chi connectivity index (χ1n) is 5.51. The molecular formula is C11H12F3N3O. The summed E-state index contributed by atoms with van der Waals surface area (Å²) >= 11 is 0. The van der Waals surface area contributed by atoms with Gasteiger partial charge < -0.3 is 4.90 Å². The van der Waals surface area contributed by atoms with E-state index < -0.39 is 11.7 Å². The lowest BCUT2D eigenvalue weighted by Crippen LogP contribution is -2.43. The Hall–Kier alpha value is -1.79. The third-order valence-electron chi connectivity index (χ3n) is 2.91. The van der Waals surface area contributed by atoms with Gasteiger partial charge in [0.15, 0.2) is 0 Å². The van der Waals surface area contributed by atoms with Gasteiger partial charge in [-0.15, -0.1) is 4.91 Å². The van der Waals surface area contributed by atoms with Crippen molar-refractivity contribution in [1.29, 1.82) is 0 Å². The lowest BCUT2D eigenvalue weighted by atomic mass is 10.1. The number of halogens is 3. The average Bonchev–Trinajstić information content (AvgIpc) is 2.38. The summed E-state index contributed by atoms with van der Waals surface area (Å²) in [4.78, 5) is 12.1. The van der Waals surface area contributed by atoms with Crippen LogP contribution < -0.4 is 4.90 Å². The number of rotatable bonds is 2. The Kier molecular flexibility index (Phi) is 3.40. The number of hydrogen-bond acceptors (Lipinski definition) is 3. The Balaban J connectivity index is 2.12. The molecule has 0 amide bonds. The van der Waals surface area contributed by atoms with E-state index in [1.54, 1.807) is 6.07 Å². The average molecular weight is 259 g/mol. The third-order valence-corrected chi connectivity index (χ3v) is 2.91. The number of benzene rings is 1. The summed E-state index contributed by atoms with van der Waals surface area (Å²) < 4.78 is 37.7. The van der Waals surface area contributed by atoms with E-state index in [1.807, 2.05) is 4.90 Å². The summed E-state index contributed by atoms with van der Waals surface area (Å²) in [5.74, 6) is 0. The van der Waals surface area contributed by atoms with Crippen molar-refractivity contribution in [2.75, 3.05) is 31.1 Å². The maximum absolute atomic E-state index is 12.6. The number of anilines is 1. The molecule has 1 aromatic carbocycles. The number of piperazine rings is 1. The van der Waals surface area contributed by atoms with Crippen molar-refractivity contribution in [1.82, 2.24) is 5.01 Å². The molecule has 1 saturated heterocycles. The van der Waals surface area contributed by atoms with Crippen LogP contribution in [0.15, 0.2) is 29.6 Å². The SMILES string of the molecule is O=NN1CCN(c2cccc(C(F)(F)F)c2)CC1. The summed E-state index contributed by atoms with van der Waals surface area (Å²) in [5, 5.41) is 4.17. The van der Waals surface area contributed by atoms with Crippen molar-refractivity contribution >= 4 is 5.69 Å². The van der Waals surface area contributed by atoms with Crippen LogP contribution in [-0.2, 0) is 6.18 Å². The van der Waals surface area contributed by atoms with E-state index in [9.17, 15) is 18.1 Å². The van der Waals surface area contributed by atoms with Crippen LogP contribution in [0.5, 0.6) is 0 Å². The molecule has 1 aliphatic heterocycles. The van der Waals surface area contributed by atoms with Gasteiger partial charge in [0.2, 0.25) is 0 Å². The van der Waals surface area contributed by atoms with Crippen LogP contribution in [-0.4, -0.2) is 31.2 Å². The Bertz CT molecular complexity index is 428. The lowest BCUT2D eigenvalue weighted by Gasteiger charge is -2.33. The Morgan fingerprint density at radius 3 is 2.33 bits per heavy atom. The van der Waals surface area contributed by atoms with E-state index >= 15 is 0 Å². The van der Waals surface area contributed by atoms with Gasteiger partial charge in [0, 0.05) is 18.8 Å². The molecule has 0 unspecified atom stereocenters. The second-order valence-corrected chi connectivity index (χ2v) is 4.07. The van der Waals surface area contributed by atoms with Crippen LogP contribution in [0.25, 0.3) is 0 Å². The highest BCUT2D eigenvalue weighted by atomic mass is 19.4. The highest BCUT2D eigenvalue weighted by Crippen LogP contribution is 2.31. The van der Waals surface area contributed by atoms with Gasteiger partial charge >= 0.3 is 6.18 Å². The monoisotopic (exact) mass is 259 g/mol. The molecule has 0 spiro atoms. The minimum absolute atomic E-state index is 0.430. The highest BCUT2D eigenvalue weighted by molar-refractivity contribution is 5.49. The fraction of sp³-hybridized carbons (Fsp3) is 0.455. The van der Waals surface area contributed by atoms with Crippen LogP contribution in [0.3, 0.4) is 0 Å². The fourth-order valence-corrected chi connectivity index (χ4v) is 1.91. The fourth-order valence-electron chi connectivity index (χ4n) is 1.91. The minimum atomic E-state index is -4.33. The van der Waals surface area contributed by atoms with E-state index in [1.165, 1.54) is 11.1 Å². The summed E-state index contributed by atoms with van der Waals surface area (Å²) in [6, 6.07) is 5.21. The molecule has 0 radical (unpaired) electrons. The van der Waals surface area contributed by atoms with Gasteiger partial charge in [0.25, 0.3) is 0 Å². The van der Waals surface area contributed by atoms with Crippen LogP contribution in [0, 0.1) is 4.91 Å². The largest absolute Gasteiger partial charge is 0.416 e. The molecule has 1 aliphatic rings. The van der Waals surface area contributed by atoms with Crippen LogP contribution in [0.4, 0.5) is 18.9 Å². The second-order valence-electron chi connectivity index (χ2n) is 4.07. The molecule has 1 fully saturated rings. The zero-order valence-corrected chi connectivity index (χ0v) is 9.52. The van der Waals surface area contributed by atoms with E-state index in [4.69, 9.17) is 0 Å².